The van der Waals surface area contributed by atoms with Crippen LogP contribution >= 0.6 is 0 Å². The third kappa shape index (κ3) is 7.73. The largest absolute Gasteiger partial charge is 0.399 e. The van der Waals surface area contributed by atoms with Crippen molar-refractivity contribution in [3.8, 4) is 0 Å². The Morgan fingerprint density at radius 3 is 2.40 bits per heavy atom. The summed E-state index contributed by atoms with van der Waals surface area (Å²) >= 11 is 0. The zero-order valence-corrected chi connectivity index (χ0v) is 25.3. The number of piperidine rings is 2. The topological polar surface area (TPSA) is 133 Å². The second-order valence-electron chi connectivity index (χ2n) is 12.3. The maximum Gasteiger partial charge on any atom is 0.255 e. The summed E-state index contributed by atoms with van der Waals surface area (Å²) in [6.07, 6.45) is 12.2. The van der Waals surface area contributed by atoms with E-state index in [2.05, 4.69) is 21.3 Å². The van der Waals surface area contributed by atoms with E-state index in [4.69, 9.17) is 11.5 Å². The summed E-state index contributed by atoms with van der Waals surface area (Å²) < 4.78 is 0. The maximum absolute atomic E-state index is 13.3. The van der Waals surface area contributed by atoms with E-state index in [0.29, 0.717) is 35.2 Å². The van der Waals surface area contributed by atoms with Crippen LogP contribution in [0.2, 0.25) is 0 Å². The molecule has 4 rings (SSSR count). The highest BCUT2D eigenvalue weighted by Crippen LogP contribution is 2.41. The van der Waals surface area contributed by atoms with Crippen LogP contribution < -0.4 is 16.4 Å². The van der Waals surface area contributed by atoms with Gasteiger partial charge in [-0.3, -0.25) is 9.59 Å². The molecule has 0 bridgehead atoms. The normalized spacial score (nSPS) is 20.3. The van der Waals surface area contributed by atoms with Crippen LogP contribution in [0.4, 0.5) is 5.69 Å². The SMILES string of the molecule is C=C/C(N)=C/C=C(\N)N1CCC2(CC1)CN(CC1CCN(c3ccc(C=O)c(C(=O)N(C)C(C=O)CCC=O)c3)CC1)C2. The molecule has 4 N–H and O–H groups in total. The van der Waals surface area contributed by atoms with Gasteiger partial charge in [0.2, 0.25) is 0 Å². The molecule has 3 aliphatic rings. The summed E-state index contributed by atoms with van der Waals surface area (Å²) in [5.41, 5.74) is 14.5. The van der Waals surface area contributed by atoms with Gasteiger partial charge in [0.15, 0.2) is 6.29 Å². The van der Waals surface area contributed by atoms with Crippen molar-refractivity contribution >= 4 is 30.5 Å². The van der Waals surface area contributed by atoms with E-state index in [1.165, 1.54) is 11.9 Å². The van der Waals surface area contributed by atoms with Crippen molar-refractivity contribution in [3.63, 3.8) is 0 Å². The number of likely N-dealkylation sites (tertiary alicyclic amines) is 2. The van der Waals surface area contributed by atoms with Gasteiger partial charge in [-0.05, 0) is 79.9 Å². The number of carbonyl (C=O) groups is 4. The molecule has 10 heteroatoms. The fourth-order valence-corrected chi connectivity index (χ4v) is 6.64. The summed E-state index contributed by atoms with van der Waals surface area (Å²) in [6, 6.07) is 4.62. The van der Waals surface area contributed by atoms with E-state index < -0.39 is 11.9 Å². The lowest BCUT2D eigenvalue weighted by atomic mass is 9.71. The Hall–Kier alpha value is -3.92. The number of hydrogen-bond acceptors (Lipinski definition) is 9. The van der Waals surface area contributed by atoms with Gasteiger partial charge < -0.3 is 40.7 Å². The summed E-state index contributed by atoms with van der Waals surface area (Å²) in [6.45, 7) is 10.8. The third-order valence-corrected chi connectivity index (χ3v) is 9.44. The number of allylic oxidation sites excluding steroid dienone is 3. The summed E-state index contributed by atoms with van der Waals surface area (Å²) in [5, 5.41) is 0. The Kier molecular flexibility index (Phi) is 10.8. The second-order valence-corrected chi connectivity index (χ2v) is 12.3. The van der Waals surface area contributed by atoms with Gasteiger partial charge in [-0.15, -0.1) is 0 Å². The molecular weight excluding hydrogens is 544 g/mol. The standard InChI is InChI=1S/C33H46N6O4/c1-3-27(34)7-9-31(35)39-16-12-33(13-17-39)23-37(24-33)20-25-10-14-38(15-11-25)28-8-6-26(21-41)30(19-28)32(43)36(2)29(22-42)5-4-18-40/h3,6-9,18-19,21-22,25,29H,1,4-5,10-17,20,23-24,34-35H2,2H3/b27-7-,31-9+. The number of nitrogens with two attached hydrogens (primary N) is 2. The average Bonchev–Trinajstić information content (AvgIpc) is 3.02. The molecule has 232 valence electrons. The monoisotopic (exact) mass is 590 g/mol. The number of carbonyl (C=O) groups excluding carboxylic acids is 4. The molecule has 1 unspecified atom stereocenters. The van der Waals surface area contributed by atoms with Crippen LogP contribution in [-0.4, -0.2) is 98.4 Å². The average molecular weight is 591 g/mol. The van der Waals surface area contributed by atoms with Crippen LogP contribution in [0.15, 0.2) is 54.5 Å². The Morgan fingerprint density at radius 2 is 1.79 bits per heavy atom. The predicted molar refractivity (Wildman–Crippen MR) is 168 cm³/mol. The highest BCUT2D eigenvalue weighted by Gasteiger charge is 2.45. The van der Waals surface area contributed by atoms with E-state index >= 15 is 0 Å². The Morgan fingerprint density at radius 1 is 1.09 bits per heavy atom. The highest BCUT2D eigenvalue weighted by atomic mass is 16.2. The molecule has 3 aliphatic heterocycles. The van der Waals surface area contributed by atoms with Crippen molar-refractivity contribution in [2.45, 2.75) is 44.6 Å². The Bertz CT molecular complexity index is 1240. The van der Waals surface area contributed by atoms with Crippen LogP contribution in [0.1, 0.15) is 59.2 Å². The fourth-order valence-electron chi connectivity index (χ4n) is 6.64. The first-order valence-corrected chi connectivity index (χ1v) is 15.3. The van der Waals surface area contributed by atoms with E-state index in [0.717, 1.165) is 89.3 Å². The molecule has 10 nitrogen and oxygen atoms in total. The lowest BCUT2D eigenvalue weighted by Gasteiger charge is -2.55. The minimum atomic E-state index is -0.718. The fraction of sp³-hybridized carbons (Fsp3) is 0.515. The zero-order chi connectivity index (χ0) is 31.0. The molecule has 43 heavy (non-hydrogen) atoms. The Balaban J connectivity index is 1.26. The van der Waals surface area contributed by atoms with Gasteiger partial charge in [-0.25, -0.2) is 0 Å². The molecular formula is C33H46N6O4. The van der Waals surface area contributed by atoms with Crippen LogP contribution in [0.25, 0.3) is 0 Å². The zero-order valence-electron chi connectivity index (χ0n) is 25.3. The van der Waals surface area contributed by atoms with Crippen molar-refractivity contribution < 1.29 is 19.2 Å². The van der Waals surface area contributed by atoms with E-state index in [-0.39, 0.29) is 18.4 Å². The van der Waals surface area contributed by atoms with Gasteiger partial charge in [0.05, 0.1) is 17.4 Å². The first-order chi connectivity index (χ1) is 20.7. The van der Waals surface area contributed by atoms with Crippen molar-refractivity contribution in [2.24, 2.45) is 22.8 Å². The summed E-state index contributed by atoms with van der Waals surface area (Å²) in [5.74, 6) is 0.987. The molecule has 0 radical (unpaired) electrons. The van der Waals surface area contributed by atoms with Gasteiger partial charge in [0.1, 0.15) is 12.6 Å². The molecule has 1 atom stereocenters. The molecule has 0 aromatic heterocycles. The number of anilines is 1. The molecule has 1 spiro atoms. The van der Waals surface area contributed by atoms with Crippen molar-refractivity contribution in [2.75, 3.05) is 57.8 Å². The number of benzene rings is 1. The van der Waals surface area contributed by atoms with Crippen molar-refractivity contribution in [1.29, 1.82) is 0 Å². The lowest BCUT2D eigenvalue weighted by Crippen LogP contribution is -2.61. The molecule has 3 fully saturated rings. The predicted octanol–water partition coefficient (Wildman–Crippen LogP) is 2.56. The molecule has 1 amide bonds. The van der Waals surface area contributed by atoms with Crippen molar-refractivity contribution in [3.05, 3.63) is 65.7 Å². The maximum atomic E-state index is 13.3. The summed E-state index contributed by atoms with van der Waals surface area (Å²) in [7, 11) is 1.54. The van der Waals surface area contributed by atoms with E-state index in [1.54, 1.807) is 24.3 Å². The van der Waals surface area contributed by atoms with Crippen LogP contribution in [-0.2, 0) is 9.59 Å². The Labute approximate surface area is 255 Å². The number of likely N-dealkylation sites (N-methyl/N-ethyl adjacent to an activating group) is 1. The lowest BCUT2D eigenvalue weighted by molar-refractivity contribution is -0.112. The van der Waals surface area contributed by atoms with Gasteiger partial charge in [-0.1, -0.05) is 6.58 Å². The molecule has 1 aromatic carbocycles. The number of amides is 1. The number of aldehydes is 3. The molecule has 3 heterocycles. The van der Waals surface area contributed by atoms with Crippen LogP contribution in [0.5, 0.6) is 0 Å². The number of hydrogen-bond donors (Lipinski definition) is 2. The van der Waals surface area contributed by atoms with Gasteiger partial charge in [0.25, 0.3) is 5.91 Å². The van der Waals surface area contributed by atoms with Gasteiger partial charge in [-0.2, -0.15) is 0 Å². The first kappa shape index (κ1) is 32.0. The van der Waals surface area contributed by atoms with E-state index in [1.807, 2.05) is 12.1 Å². The molecule has 1 aromatic rings. The highest BCUT2D eigenvalue weighted by molar-refractivity contribution is 6.03. The number of rotatable bonds is 13. The molecule has 0 saturated carbocycles. The second kappa shape index (κ2) is 14.5. The first-order valence-electron chi connectivity index (χ1n) is 15.3. The smallest absolute Gasteiger partial charge is 0.255 e. The number of nitrogens with zero attached hydrogens (tertiary/aromatic N) is 4. The van der Waals surface area contributed by atoms with Crippen LogP contribution in [0.3, 0.4) is 0 Å². The quantitative estimate of drug-likeness (QED) is 0.263. The van der Waals surface area contributed by atoms with Gasteiger partial charge in [0, 0.05) is 76.2 Å². The van der Waals surface area contributed by atoms with E-state index in [9.17, 15) is 19.2 Å². The molecule has 3 saturated heterocycles. The third-order valence-electron chi connectivity index (χ3n) is 9.44. The summed E-state index contributed by atoms with van der Waals surface area (Å²) in [4.78, 5) is 55.7. The molecule has 0 aliphatic carbocycles. The minimum absolute atomic E-state index is 0.186. The van der Waals surface area contributed by atoms with Crippen molar-refractivity contribution in [1.82, 2.24) is 14.7 Å². The van der Waals surface area contributed by atoms with Crippen LogP contribution in [0, 0.1) is 11.3 Å². The minimum Gasteiger partial charge on any atom is -0.399 e. The van der Waals surface area contributed by atoms with Gasteiger partial charge >= 0.3 is 0 Å².